The number of hydrogen-bond acceptors (Lipinski definition) is 4. The monoisotopic (exact) mass is 348 g/mol. The molecule has 0 saturated carbocycles. The Kier molecular flexibility index (Phi) is 5.67. The molecule has 2 aromatic heterocycles. The highest BCUT2D eigenvalue weighted by molar-refractivity contribution is 9.10. The van der Waals surface area contributed by atoms with Crippen LogP contribution in [-0.4, -0.2) is 21.5 Å². The smallest absolute Gasteiger partial charge is 0.144 e. The highest BCUT2D eigenvalue weighted by Gasteiger charge is 2.15. The van der Waals surface area contributed by atoms with E-state index in [0.717, 1.165) is 40.3 Å². The molecule has 112 valence electrons. The van der Waals surface area contributed by atoms with E-state index in [2.05, 4.69) is 52.0 Å². The molecule has 5 heteroatoms. The molecule has 4 nitrogen and oxygen atoms in total. The fourth-order valence-electron chi connectivity index (χ4n) is 2.02. The lowest BCUT2D eigenvalue weighted by molar-refractivity contribution is 0.782. The van der Waals surface area contributed by atoms with E-state index in [1.807, 2.05) is 18.3 Å². The van der Waals surface area contributed by atoms with Crippen molar-refractivity contribution in [3.8, 4) is 0 Å². The number of anilines is 1. The second kappa shape index (κ2) is 7.50. The Labute approximate surface area is 134 Å². The second-order valence-corrected chi connectivity index (χ2v) is 6.10. The molecular weight excluding hydrogens is 328 g/mol. The van der Waals surface area contributed by atoms with Crippen LogP contribution in [0.1, 0.15) is 50.2 Å². The first-order chi connectivity index (χ1) is 10.1. The third-order valence-electron chi connectivity index (χ3n) is 3.10. The number of pyridine rings is 1. The van der Waals surface area contributed by atoms with Crippen LogP contribution < -0.4 is 5.32 Å². The van der Waals surface area contributed by atoms with Gasteiger partial charge in [-0.15, -0.1) is 0 Å². The maximum Gasteiger partial charge on any atom is 0.144 e. The summed E-state index contributed by atoms with van der Waals surface area (Å²) in [4.78, 5) is 13.5. The molecule has 21 heavy (non-hydrogen) atoms. The summed E-state index contributed by atoms with van der Waals surface area (Å²) >= 11 is 3.63. The zero-order valence-electron chi connectivity index (χ0n) is 12.7. The molecule has 0 fully saturated rings. The minimum atomic E-state index is 0.345. The molecule has 0 saturated heterocycles. The van der Waals surface area contributed by atoms with Gasteiger partial charge in [-0.25, -0.2) is 9.97 Å². The molecule has 0 bridgehead atoms. The number of nitrogens with one attached hydrogen (secondary N) is 1. The number of rotatable bonds is 6. The van der Waals surface area contributed by atoms with Gasteiger partial charge in [-0.2, -0.15) is 0 Å². The fourth-order valence-corrected chi connectivity index (χ4v) is 2.80. The van der Waals surface area contributed by atoms with Crippen LogP contribution in [0.15, 0.2) is 29.0 Å². The van der Waals surface area contributed by atoms with Gasteiger partial charge in [-0.3, -0.25) is 4.98 Å². The Hall–Kier alpha value is -1.49. The highest BCUT2D eigenvalue weighted by atomic mass is 79.9. The maximum absolute atomic E-state index is 4.71. The van der Waals surface area contributed by atoms with Gasteiger partial charge >= 0.3 is 0 Å². The van der Waals surface area contributed by atoms with Crippen LogP contribution in [-0.2, 0) is 6.42 Å². The Morgan fingerprint density at radius 2 is 2.10 bits per heavy atom. The topological polar surface area (TPSA) is 50.7 Å². The van der Waals surface area contributed by atoms with Crippen molar-refractivity contribution in [3.05, 3.63) is 46.1 Å². The maximum atomic E-state index is 4.71. The van der Waals surface area contributed by atoms with E-state index in [9.17, 15) is 0 Å². The number of nitrogens with zero attached hydrogens (tertiary/aromatic N) is 3. The average Bonchev–Trinajstić information content (AvgIpc) is 2.48. The van der Waals surface area contributed by atoms with E-state index < -0.39 is 0 Å². The lowest BCUT2D eigenvalue weighted by atomic mass is 10.1. The van der Waals surface area contributed by atoms with E-state index in [1.165, 1.54) is 0 Å². The molecular formula is C16H21BrN4. The van der Waals surface area contributed by atoms with Crippen LogP contribution in [0.3, 0.4) is 0 Å². The van der Waals surface area contributed by atoms with Crippen molar-refractivity contribution in [2.24, 2.45) is 0 Å². The van der Waals surface area contributed by atoms with Gasteiger partial charge in [-0.1, -0.05) is 26.8 Å². The Balaban J connectivity index is 2.34. The van der Waals surface area contributed by atoms with Crippen LogP contribution >= 0.6 is 15.9 Å². The lowest BCUT2D eigenvalue weighted by Crippen LogP contribution is -2.10. The normalized spacial score (nSPS) is 10.9. The molecule has 2 rings (SSSR count). The van der Waals surface area contributed by atoms with E-state index in [1.54, 1.807) is 6.20 Å². The van der Waals surface area contributed by atoms with Crippen LogP contribution in [0.25, 0.3) is 0 Å². The predicted molar refractivity (Wildman–Crippen MR) is 89.6 cm³/mol. The van der Waals surface area contributed by atoms with Crippen molar-refractivity contribution >= 4 is 21.7 Å². The first kappa shape index (κ1) is 15.9. The molecule has 0 radical (unpaired) electrons. The largest absolute Gasteiger partial charge is 0.369 e. The van der Waals surface area contributed by atoms with Gasteiger partial charge in [0.2, 0.25) is 0 Å². The minimum Gasteiger partial charge on any atom is -0.369 e. The molecule has 0 aliphatic carbocycles. The van der Waals surface area contributed by atoms with Gasteiger partial charge in [0, 0.05) is 25.4 Å². The summed E-state index contributed by atoms with van der Waals surface area (Å²) in [6, 6.07) is 3.99. The molecule has 0 atom stereocenters. The standard InChI is InChI=1S/C16H21BrN4/c1-4-7-19-16-14(17)15(11(2)3)20-13(21-16)9-12-6-5-8-18-10-12/h5-6,8,10-11H,4,7,9H2,1-3H3,(H,19,20,21). The highest BCUT2D eigenvalue weighted by Crippen LogP contribution is 2.29. The van der Waals surface area contributed by atoms with Gasteiger partial charge in [-0.05, 0) is 39.9 Å². The summed E-state index contributed by atoms with van der Waals surface area (Å²) in [6.45, 7) is 7.33. The summed E-state index contributed by atoms with van der Waals surface area (Å²) in [6.07, 6.45) is 5.40. The Morgan fingerprint density at radius 1 is 1.29 bits per heavy atom. The second-order valence-electron chi connectivity index (χ2n) is 5.31. The van der Waals surface area contributed by atoms with E-state index in [4.69, 9.17) is 4.98 Å². The van der Waals surface area contributed by atoms with Crippen LogP contribution in [0.5, 0.6) is 0 Å². The zero-order valence-corrected chi connectivity index (χ0v) is 14.3. The molecule has 0 aromatic carbocycles. The summed E-state index contributed by atoms with van der Waals surface area (Å²) in [5.41, 5.74) is 2.17. The molecule has 2 heterocycles. The summed E-state index contributed by atoms with van der Waals surface area (Å²) < 4.78 is 0.973. The number of halogens is 1. The summed E-state index contributed by atoms with van der Waals surface area (Å²) in [5.74, 6) is 2.06. The SMILES string of the molecule is CCCNc1nc(Cc2cccnc2)nc(C(C)C)c1Br. The molecule has 0 aliphatic heterocycles. The van der Waals surface area contributed by atoms with Gasteiger partial charge in [0.15, 0.2) is 0 Å². The van der Waals surface area contributed by atoms with Crippen LogP contribution in [0, 0.1) is 0 Å². The van der Waals surface area contributed by atoms with Crippen molar-refractivity contribution in [3.63, 3.8) is 0 Å². The van der Waals surface area contributed by atoms with Crippen LogP contribution in [0.4, 0.5) is 5.82 Å². The lowest BCUT2D eigenvalue weighted by Gasteiger charge is -2.14. The van der Waals surface area contributed by atoms with Gasteiger partial charge in [0.25, 0.3) is 0 Å². The predicted octanol–water partition coefficient (Wildman–Crippen LogP) is 4.17. The van der Waals surface area contributed by atoms with Crippen molar-refractivity contribution in [2.45, 2.75) is 39.5 Å². The average molecular weight is 349 g/mol. The quantitative estimate of drug-likeness (QED) is 0.850. The van der Waals surface area contributed by atoms with E-state index >= 15 is 0 Å². The Morgan fingerprint density at radius 3 is 2.71 bits per heavy atom. The Bertz CT molecular complexity index is 584. The van der Waals surface area contributed by atoms with Crippen molar-refractivity contribution in [2.75, 3.05) is 11.9 Å². The molecule has 2 aromatic rings. The molecule has 1 N–H and O–H groups in total. The van der Waals surface area contributed by atoms with Crippen LogP contribution in [0.2, 0.25) is 0 Å². The van der Waals surface area contributed by atoms with Crippen molar-refractivity contribution < 1.29 is 0 Å². The molecule has 0 spiro atoms. The first-order valence-electron chi connectivity index (χ1n) is 7.30. The third-order valence-corrected chi connectivity index (χ3v) is 3.88. The summed E-state index contributed by atoms with van der Waals surface area (Å²) in [7, 11) is 0. The third kappa shape index (κ3) is 4.24. The zero-order chi connectivity index (χ0) is 15.2. The first-order valence-corrected chi connectivity index (χ1v) is 8.10. The van der Waals surface area contributed by atoms with E-state index in [0.29, 0.717) is 12.3 Å². The number of hydrogen-bond donors (Lipinski definition) is 1. The summed E-state index contributed by atoms with van der Waals surface area (Å²) in [5, 5.41) is 3.37. The molecule has 0 aliphatic rings. The van der Waals surface area contributed by atoms with Gasteiger partial charge < -0.3 is 5.32 Å². The van der Waals surface area contributed by atoms with Gasteiger partial charge in [0.05, 0.1) is 10.2 Å². The van der Waals surface area contributed by atoms with Crippen molar-refractivity contribution in [1.29, 1.82) is 0 Å². The van der Waals surface area contributed by atoms with E-state index in [-0.39, 0.29) is 0 Å². The van der Waals surface area contributed by atoms with Crippen molar-refractivity contribution in [1.82, 2.24) is 15.0 Å². The number of aromatic nitrogens is 3. The van der Waals surface area contributed by atoms with Gasteiger partial charge in [0.1, 0.15) is 11.6 Å². The molecule has 0 amide bonds. The minimum absolute atomic E-state index is 0.345. The molecule has 0 unspecified atom stereocenters. The fraction of sp³-hybridized carbons (Fsp3) is 0.438.